The van der Waals surface area contributed by atoms with Crippen LogP contribution in [0.4, 0.5) is 0 Å². The third kappa shape index (κ3) is 4.83. The molecule has 0 saturated heterocycles. The van der Waals surface area contributed by atoms with E-state index in [4.69, 9.17) is 0 Å². The summed E-state index contributed by atoms with van der Waals surface area (Å²) in [6.07, 6.45) is 4.65. The number of rotatable bonds is 9. The van der Waals surface area contributed by atoms with Crippen LogP contribution in [0, 0.1) is 11.8 Å². The number of carbonyl (C=O) groups is 3. The lowest BCUT2D eigenvalue weighted by atomic mass is 9.81. The summed E-state index contributed by atoms with van der Waals surface area (Å²) in [5.74, 6) is -4.25. The molecule has 27 heavy (non-hydrogen) atoms. The zero-order valence-corrected chi connectivity index (χ0v) is 17.3. The fourth-order valence-electron chi connectivity index (χ4n) is 3.29. The number of carbonyl (C=O) groups excluding carboxylic acids is 3. The van der Waals surface area contributed by atoms with Crippen LogP contribution in [0.2, 0.25) is 0 Å². The van der Waals surface area contributed by atoms with Crippen molar-refractivity contribution < 1.29 is 24.6 Å². The van der Waals surface area contributed by atoms with Gasteiger partial charge in [0, 0.05) is 12.3 Å². The number of aliphatic hydroxyl groups excluding tert-OH is 1. The molecule has 0 amide bonds. The summed E-state index contributed by atoms with van der Waals surface area (Å²) in [6, 6.07) is 0. The highest BCUT2D eigenvalue weighted by molar-refractivity contribution is 6.26. The van der Waals surface area contributed by atoms with Crippen molar-refractivity contribution in [3.8, 4) is 0 Å². The first-order chi connectivity index (χ1) is 12.5. The highest BCUT2D eigenvalue weighted by atomic mass is 16.3. The molecule has 5 nitrogen and oxygen atoms in total. The van der Waals surface area contributed by atoms with Gasteiger partial charge in [-0.25, -0.2) is 0 Å². The molecule has 0 bridgehead atoms. The van der Waals surface area contributed by atoms with E-state index in [1.807, 2.05) is 34.6 Å². The monoisotopic (exact) mass is 376 g/mol. The molecule has 0 saturated carbocycles. The lowest BCUT2D eigenvalue weighted by molar-refractivity contribution is -0.144. The molecule has 3 atom stereocenters. The van der Waals surface area contributed by atoms with Crippen LogP contribution in [0.3, 0.4) is 0 Å². The Hall–Kier alpha value is -2.01. The van der Waals surface area contributed by atoms with E-state index in [1.165, 1.54) is 0 Å². The van der Waals surface area contributed by atoms with Gasteiger partial charge in [-0.2, -0.15) is 0 Å². The van der Waals surface area contributed by atoms with E-state index in [-0.39, 0.29) is 12.8 Å². The standard InChI is InChI=1S/C22H32O5/c1-7-8-15(6)19(24)18-20(25)16(11-9-13(2)3)22(27,21(18)26)17(23)12-10-14(4)5/h9-10,15-16,26-27H,7-8,11-12H2,1-6H3/t15?,16-,22-/m1/s1. The van der Waals surface area contributed by atoms with Gasteiger partial charge in [0.15, 0.2) is 23.0 Å². The molecular weight excluding hydrogens is 344 g/mol. The van der Waals surface area contributed by atoms with Crippen molar-refractivity contribution in [2.75, 3.05) is 0 Å². The van der Waals surface area contributed by atoms with Crippen LogP contribution in [0.15, 0.2) is 34.6 Å². The Morgan fingerprint density at radius 1 is 1.15 bits per heavy atom. The lowest BCUT2D eigenvalue weighted by Gasteiger charge is -2.27. The molecule has 0 aromatic heterocycles. The molecule has 0 heterocycles. The summed E-state index contributed by atoms with van der Waals surface area (Å²) >= 11 is 0. The smallest absolute Gasteiger partial charge is 0.191 e. The highest BCUT2D eigenvalue weighted by Crippen LogP contribution is 2.42. The number of Topliss-reactive ketones (excluding diaryl/α,β-unsaturated/α-hetero) is 3. The van der Waals surface area contributed by atoms with Crippen LogP contribution >= 0.6 is 0 Å². The van der Waals surface area contributed by atoms with Crippen molar-refractivity contribution in [3.05, 3.63) is 34.6 Å². The number of aliphatic hydroxyl groups is 2. The summed E-state index contributed by atoms with van der Waals surface area (Å²) in [5.41, 5.74) is -0.962. The quantitative estimate of drug-likeness (QED) is 0.468. The SMILES string of the molecule is CCCC(C)C(=O)C1=C(O)[C@](O)(C(=O)CC=C(C)C)[C@H](CC=C(C)C)C1=O. The second kappa shape index (κ2) is 9.27. The summed E-state index contributed by atoms with van der Waals surface area (Å²) in [6.45, 7) is 10.9. The van der Waals surface area contributed by atoms with Gasteiger partial charge in [-0.3, -0.25) is 14.4 Å². The van der Waals surface area contributed by atoms with Gasteiger partial charge >= 0.3 is 0 Å². The van der Waals surface area contributed by atoms with Crippen molar-refractivity contribution in [2.24, 2.45) is 11.8 Å². The first-order valence-corrected chi connectivity index (χ1v) is 9.52. The molecule has 1 unspecified atom stereocenters. The van der Waals surface area contributed by atoms with Gasteiger partial charge < -0.3 is 10.2 Å². The Balaban J connectivity index is 3.43. The van der Waals surface area contributed by atoms with Crippen LogP contribution in [0.1, 0.15) is 67.2 Å². The highest BCUT2D eigenvalue weighted by Gasteiger charge is 2.58. The molecule has 0 aromatic rings. The van der Waals surface area contributed by atoms with Gasteiger partial charge in [-0.05, 0) is 40.5 Å². The topological polar surface area (TPSA) is 91.7 Å². The van der Waals surface area contributed by atoms with E-state index in [0.29, 0.717) is 6.42 Å². The van der Waals surface area contributed by atoms with Gasteiger partial charge in [0.1, 0.15) is 11.3 Å². The minimum atomic E-state index is -2.36. The van der Waals surface area contributed by atoms with Gasteiger partial charge in [-0.1, -0.05) is 43.6 Å². The van der Waals surface area contributed by atoms with Gasteiger partial charge in [-0.15, -0.1) is 0 Å². The molecule has 2 N–H and O–H groups in total. The zero-order valence-electron chi connectivity index (χ0n) is 17.3. The maximum atomic E-state index is 12.9. The van der Waals surface area contributed by atoms with Gasteiger partial charge in [0.2, 0.25) is 0 Å². The molecule has 0 aliphatic heterocycles. The Bertz CT molecular complexity index is 702. The Morgan fingerprint density at radius 3 is 2.19 bits per heavy atom. The van der Waals surface area contributed by atoms with Crippen LogP contribution in [-0.4, -0.2) is 33.2 Å². The fraction of sp³-hybridized carbons (Fsp3) is 0.591. The van der Waals surface area contributed by atoms with E-state index >= 15 is 0 Å². The predicted molar refractivity (Wildman–Crippen MR) is 105 cm³/mol. The molecule has 5 heteroatoms. The molecule has 1 rings (SSSR count). The zero-order chi connectivity index (χ0) is 20.9. The largest absolute Gasteiger partial charge is 0.508 e. The average Bonchev–Trinajstić information content (AvgIpc) is 2.77. The van der Waals surface area contributed by atoms with E-state index < -0.39 is 46.1 Å². The molecule has 1 aliphatic carbocycles. The van der Waals surface area contributed by atoms with Crippen LogP contribution in [-0.2, 0) is 14.4 Å². The minimum absolute atomic E-state index is 0.0846. The average molecular weight is 376 g/mol. The minimum Gasteiger partial charge on any atom is -0.508 e. The summed E-state index contributed by atoms with van der Waals surface area (Å²) < 4.78 is 0. The number of ketones is 3. The fourth-order valence-corrected chi connectivity index (χ4v) is 3.29. The number of allylic oxidation sites excluding steroid dienone is 5. The van der Waals surface area contributed by atoms with Crippen LogP contribution in [0.5, 0.6) is 0 Å². The summed E-state index contributed by atoms with van der Waals surface area (Å²) in [7, 11) is 0. The molecule has 0 aromatic carbocycles. The Labute approximate surface area is 161 Å². The lowest BCUT2D eigenvalue weighted by Crippen LogP contribution is -2.46. The van der Waals surface area contributed by atoms with Gasteiger partial charge in [0.25, 0.3) is 0 Å². The first-order valence-electron chi connectivity index (χ1n) is 9.52. The molecule has 150 valence electrons. The normalized spacial score (nSPS) is 23.2. The molecule has 1 aliphatic rings. The predicted octanol–water partition coefficient (Wildman–Crippen LogP) is 4.02. The summed E-state index contributed by atoms with van der Waals surface area (Å²) in [4.78, 5) is 38.4. The molecule has 0 radical (unpaired) electrons. The van der Waals surface area contributed by atoms with Crippen molar-refractivity contribution in [1.82, 2.24) is 0 Å². The van der Waals surface area contributed by atoms with E-state index in [1.54, 1.807) is 19.1 Å². The van der Waals surface area contributed by atoms with Crippen molar-refractivity contribution in [3.63, 3.8) is 0 Å². The van der Waals surface area contributed by atoms with Crippen molar-refractivity contribution in [2.45, 2.75) is 72.8 Å². The Morgan fingerprint density at radius 2 is 1.70 bits per heavy atom. The second-order valence-electron chi connectivity index (χ2n) is 7.89. The van der Waals surface area contributed by atoms with E-state index in [2.05, 4.69) is 0 Å². The molecule has 0 spiro atoms. The summed E-state index contributed by atoms with van der Waals surface area (Å²) in [5, 5.41) is 21.8. The van der Waals surface area contributed by atoms with Crippen molar-refractivity contribution in [1.29, 1.82) is 0 Å². The second-order valence-corrected chi connectivity index (χ2v) is 7.89. The van der Waals surface area contributed by atoms with E-state index in [0.717, 1.165) is 17.6 Å². The molecule has 0 fully saturated rings. The third-order valence-electron chi connectivity index (χ3n) is 4.96. The van der Waals surface area contributed by atoms with Crippen LogP contribution in [0.25, 0.3) is 0 Å². The first kappa shape index (κ1) is 23.0. The molecular formula is C22H32O5. The van der Waals surface area contributed by atoms with Crippen LogP contribution < -0.4 is 0 Å². The third-order valence-corrected chi connectivity index (χ3v) is 4.96. The maximum Gasteiger partial charge on any atom is 0.191 e. The maximum absolute atomic E-state index is 12.9. The number of hydrogen-bond acceptors (Lipinski definition) is 5. The van der Waals surface area contributed by atoms with Gasteiger partial charge in [0.05, 0.1) is 5.92 Å². The Kier molecular flexibility index (Phi) is 7.90. The number of hydrogen-bond donors (Lipinski definition) is 2. The van der Waals surface area contributed by atoms with Crippen molar-refractivity contribution >= 4 is 17.3 Å². The van der Waals surface area contributed by atoms with E-state index in [9.17, 15) is 24.6 Å².